The Morgan fingerprint density at radius 3 is 2.18 bits per heavy atom. The fourth-order valence-corrected chi connectivity index (χ4v) is 0.710. The molecule has 0 spiro atoms. The molecule has 0 aliphatic carbocycles. The molecule has 0 heterocycles. The van der Waals surface area contributed by atoms with Crippen LogP contribution in [0.5, 0.6) is 0 Å². The lowest BCUT2D eigenvalue weighted by Gasteiger charge is -2.17. The molecule has 1 atom stereocenters. The van der Waals surface area contributed by atoms with Gasteiger partial charge in [-0.25, -0.2) is 0 Å². The number of esters is 1. The van der Waals surface area contributed by atoms with E-state index in [9.17, 15) is 4.79 Å². The van der Waals surface area contributed by atoms with Crippen LogP contribution in [0.4, 0.5) is 0 Å². The molecule has 11 heavy (non-hydrogen) atoms. The van der Waals surface area contributed by atoms with Crippen molar-refractivity contribution < 1.29 is 14.4 Å². The molecule has 66 valence electrons. The molecule has 0 saturated carbocycles. The van der Waals surface area contributed by atoms with Crippen LogP contribution in [-0.2, 0) is 14.4 Å². The van der Waals surface area contributed by atoms with Crippen LogP contribution in [0, 0.1) is 5.92 Å². The van der Waals surface area contributed by atoms with E-state index in [0.717, 1.165) is 0 Å². The smallest absolute Gasteiger partial charge is 0.325 e. The number of hydroxylamine groups is 1. The SMILES string of the molecule is CON[C@H](C(=O)OC)C(C)C. The maximum Gasteiger partial charge on any atom is 0.325 e. The van der Waals surface area contributed by atoms with E-state index in [1.165, 1.54) is 14.2 Å². The molecular formula is C7H15NO3. The third kappa shape index (κ3) is 3.34. The summed E-state index contributed by atoms with van der Waals surface area (Å²) in [5, 5.41) is 0. The predicted octanol–water partition coefficient (Wildman–Crippen LogP) is 0.335. The number of rotatable bonds is 4. The van der Waals surface area contributed by atoms with Crippen molar-refractivity contribution >= 4 is 5.97 Å². The summed E-state index contributed by atoms with van der Waals surface area (Å²) in [7, 11) is 2.83. The molecule has 1 N–H and O–H groups in total. The number of ether oxygens (including phenoxy) is 1. The first-order chi connectivity index (χ1) is 5.13. The Labute approximate surface area is 66.8 Å². The summed E-state index contributed by atoms with van der Waals surface area (Å²) in [5.41, 5.74) is 2.56. The van der Waals surface area contributed by atoms with E-state index in [0.29, 0.717) is 0 Å². The molecule has 0 aromatic heterocycles. The maximum absolute atomic E-state index is 11.0. The largest absolute Gasteiger partial charge is 0.468 e. The molecule has 0 fully saturated rings. The van der Waals surface area contributed by atoms with Crippen LogP contribution in [-0.4, -0.2) is 26.2 Å². The maximum atomic E-state index is 11.0. The van der Waals surface area contributed by atoms with Gasteiger partial charge in [0.2, 0.25) is 0 Å². The lowest BCUT2D eigenvalue weighted by atomic mass is 10.1. The Hall–Kier alpha value is -0.610. The molecule has 4 heteroatoms. The highest BCUT2D eigenvalue weighted by Crippen LogP contribution is 2.02. The second kappa shape index (κ2) is 5.09. The van der Waals surface area contributed by atoms with E-state index < -0.39 is 0 Å². The van der Waals surface area contributed by atoms with E-state index in [-0.39, 0.29) is 17.9 Å². The van der Waals surface area contributed by atoms with Gasteiger partial charge in [0.15, 0.2) is 0 Å². The standard InChI is InChI=1S/C7H15NO3/c1-5(2)6(8-11-4)7(9)10-3/h5-6,8H,1-4H3/t6-/m0/s1. The first-order valence-electron chi connectivity index (χ1n) is 3.49. The lowest BCUT2D eigenvalue weighted by Crippen LogP contribution is -2.41. The van der Waals surface area contributed by atoms with E-state index in [1.807, 2.05) is 13.8 Å². The molecule has 0 aliphatic heterocycles. The van der Waals surface area contributed by atoms with Gasteiger partial charge in [0.05, 0.1) is 14.2 Å². The van der Waals surface area contributed by atoms with Crippen LogP contribution in [0.15, 0.2) is 0 Å². The van der Waals surface area contributed by atoms with Gasteiger partial charge in [-0.05, 0) is 5.92 Å². The first kappa shape index (κ1) is 10.4. The summed E-state index contributed by atoms with van der Waals surface area (Å²) < 4.78 is 4.54. The van der Waals surface area contributed by atoms with Gasteiger partial charge in [-0.1, -0.05) is 13.8 Å². The van der Waals surface area contributed by atoms with Gasteiger partial charge in [-0.2, -0.15) is 5.48 Å². The van der Waals surface area contributed by atoms with Crippen molar-refractivity contribution in [3.05, 3.63) is 0 Å². The van der Waals surface area contributed by atoms with Crippen LogP contribution >= 0.6 is 0 Å². The van der Waals surface area contributed by atoms with Crippen LogP contribution in [0.2, 0.25) is 0 Å². The monoisotopic (exact) mass is 161 g/mol. The minimum Gasteiger partial charge on any atom is -0.468 e. The van der Waals surface area contributed by atoms with Gasteiger partial charge in [0.1, 0.15) is 6.04 Å². The lowest BCUT2D eigenvalue weighted by molar-refractivity contribution is -0.148. The second-order valence-electron chi connectivity index (χ2n) is 2.57. The third-order valence-corrected chi connectivity index (χ3v) is 1.37. The Morgan fingerprint density at radius 1 is 1.36 bits per heavy atom. The van der Waals surface area contributed by atoms with Crippen molar-refractivity contribution in [2.45, 2.75) is 19.9 Å². The van der Waals surface area contributed by atoms with E-state index in [1.54, 1.807) is 0 Å². The van der Waals surface area contributed by atoms with E-state index >= 15 is 0 Å². The highest BCUT2D eigenvalue weighted by Gasteiger charge is 2.22. The molecule has 0 rings (SSSR count). The van der Waals surface area contributed by atoms with Crippen molar-refractivity contribution in [2.24, 2.45) is 5.92 Å². The molecule has 4 nitrogen and oxygen atoms in total. The Bertz CT molecular complexity index is 125. The Morgan fingerprint density at radius 2 is 1.91 bits per heavy atom. The van der Waals surface area contributed by atoms with Crippen molar-refractivity contribution in [2.75, 3.05) is 14.2 Å². The topological polar surface area (TPSA) is 47.6 Å². The van der Waals surface area contributed by atoms with Crippen LogP contribution in [0.3, 0.4) is 0 Å². The van der Waals surface area contributed by atoms with Gasteiger partial charge in [0.25, 0.3) is 0 Å². The minimum absolute atomic E-state index is 0.155. The van der Waals surface area contributed by atoms with E-state index in [2.05, 4.69) is 15.1 Å². The van der Waals surface area contributed by atoms with Crippen LogP contribution in [0.25, 0.3) is 0 Å². The van der Waals surface area contributed by atoms with Crippen molar-refractivity contribution in [3.63, 3.8) is 0 Å². The first-order valence-corrected chi connectivity index (χ1v) is 3.49. The number of hydrogen-bond acceptors (Lipinski definition) is 4. The molecule has 0 aromatic rings. The zero-order chi connectivity index (χ0) is 8.85. The summed E-state index contributed by atoms with van der Waals surface area (Å²) in [6, 6.07) is -0.384. The van der Waals surface area contributed by atoms with Gasteiger partial charge in [-0.3, -0.25) is 4.79 Å². The van der Waals surface area contributed by atoms with Gasteiger partial charge in [0, 0.05) is 0 Å². The molecule has 0 aromatic carbocycles. The van der Waals surface area contributed by atoms with Crippen LogP contribution < -0.4 is 5.48 Å². The number of nitrogens with one attached hydrogen (secondary N) is 1. The third-order valence-electron chi connectivity index (χ3n) is 1.37. The molecular weight excluding hydrogens is 146 g/mol. The zero-order valence-electron chi connectivity index (χ0n) is 7.38. The highest BCUT2D eigenvalue weighted by molar-refractivity contribution is 5.75. The molecule has 0 bridgehead atoms. The van der Waals surface area contributed by atoms with Crippen molar-refractivity contribution in [1.29, 1.82) is 0 Å². The minimum atomic E-state index is -0.384. The van der Waals surface area contributed by atoms with Crippen molar-refractivity contribution in [1.82, 2.24) is 5.48 Å². The number of carbonyl (C=O) groups excluding carboxylic acids is 1. The van der Waals surface area contributed by atoms with Crippen molar-refractivity contribution in [3.8, 4) is 0 Å². The average molecular weight is 161 g/mol. The van der Waals surface area contributed by atoms with Gasteiger partial charge < -0.3 is 9.57 Å². The fraction of sp³-hybridized carbons (Fsp3) is 0.857. The highest BCUT2D eigenvalue weighted by atomic mass is 16.6. The number of methoxy groups -OCH3 is 1. The number of hydrogen-bond donors (Lipinski definition) is 1. The molecule has 0 unspecified atom stereocenters. The summed E-state index contributed by atoms with van der Waals surface area (Å²) in [6.45, 7) is 3.82. The summed E-state index contributed by atoms with van der Waals surface area (Å²) in [4.78, 5) is 15.6. The predicted molar refractivity (Wildman–Crippen MR) is 40.8 cm³/mol. The molecule has 0 aliphatic rings. The summed E-state index contributed by atoms with van der Waals surface area (Å²) in [5.74, 6) is -0.149. The zero-order valence-corrected chi connectivity index (χ0v) is 7.38. The summed E-state index contributed by atoms with van der Waals surface area (Å²) >= 11 is 0. The van der Waals surface area contributed by atoms with Gasteiger partial charge >= 0.3 is 5.97 Å². The van der Waals surface area contributed by atoms with E-state index in [4.69, 9.17) is 0 Å². The Balaban J connectivity index is 3.98. The molecule has 0 radical (unpaired) electrons. The second-order valence-corrected chi connectivity index (χ2v) is 2.57. The fourth-order valence-electron chi connectivity index (χ4n) is 0.710. The average Bonchev–Trinajstić information content (AvgIpc) is 1.98. The normalized spacial score (nSPS) is 13.2. The molecule has 0 saturated heterocycles. The number of carbonyl (C=O) groups is 1. The van der Waals surface area contributed by atoms with Gasteiger partial charge in [-0.15, -0.1) is 0 Å². The Kier molecular flexibility index (Phi) is 4.81. The molecule has 0 amide bonds. The quantitative estimate of drug-likeness (QED) is 0.477. The summed E-state index contributed by atoms with van der Waals surface area (Å²) in [6.07, 6.45) is 0. The van der Waals surface area contributed by atoms with Crippen LogP contribution in [0.1, 0.15) is 13.8 Å².